The number of rotatable bonds is 29. The number of carbonyl (C=O) groups excluding carboxylic acids is 8. The number of likely N-dealkylation sites (tertiary alicyclic amines) is 1. The Bertz CT molecular complexity index is 3000. The van der Waals surface area contributed by atoms with Gasteiger partial charge in [0, 0.05) is 78.0 Å². The van der Waals surface area contributed by atoms with Gasteiger partial charge in [0.2, 0.25) is 48.1 Å². The Hall–Kier alpha value is -6.25. The van der Waals surface area contributed by atoms with Crippen LogP contribution >= 0.6 is 22.6 Å². The number of imide groups is 1. The van der Waals surface area contributed by atoms with Gasteiger partial charge >= 0.3 is 5.97 Å². The van der Waals surface area contributed by atoms with Gasteiger partial charge in [-0.1, -0.05) is 64.1 Å². The average Bonchev–Trinajstić information content (AvgIpc) is 3.37. The molecule has 4 aliphatic rings. The number of alkyl halides is 1. The molecule has 6 heterocycles. The van der Waals surface area contributed by atoms with Crippen molar-refractivity contribution in [3.8, 4) is 22.9 Å². The van der Waals surface area contributed by atoms with Gasteiger partial charge in [0.15, 0.2) is 17.1 Å². The Morgan fingerprint density at radius 2 is 1.63 bits per heavy atom. The summed E-state index contributed by atoms with van der Waals surface area (Å²) < 4.78 is 23.9. The molecule has 2 aromatic heterocycles. The number of carbonyl (C=O) groups is 8. The molecule has 24 heteroatoms. The average molecular weight is 1250 g/mol. The zero-order valence-electron chi connectivity index (χ0n) is 48.3. The number of cyclic esters (lactones) is 1. The van der Waals surface area contributed by atoms with E-state index in [4.69, 9.17) is 29.7 Å². The third-order valence-corrected chi connectivity index (χ3v) is 19.0. The number of esters is 1. The highest BCUT2D eigenvalue weighted by atomic mass is 127. The van der Waals surface area contributed by atoms with Crippen LogP contribution in [0.25, 0.3) is 22.3 Å². The van der Waals surface area contributed by atoms with Crippen molar-refractivity contribution < 1.29 is 62.4 Å². The number of nitrogens with one attached hydrogen (secondary N) is 4. The van der Waals surface area contributed by atoms with Crippen molar-refractivity contribution in [2.24, 2.45) is 17.6 Å². The van der Waals surface area contributed by atoms with E-state index in [1.807, 2.05) is 27.7 Å². The van der Waals surface area contributed by atoms with Crippen LogP contribution in [0.5, 0.6) is 11.5 Å². The summed E-state index contributed by atoms with van der Waals surface area (Å²) in [4.78, 5) is 129. The van der Waals surface area contributed by atoms with Crippen LogP contribution in [0.15, 0.2) is 23.0 Å². The molecular weight excluding hydrogens is 1170 g/mol. The Kier molecular flexibility index (Phi) is 21.2. The lowest BCUT2D eigenvalue weighted by Crippen LogP contribution is -2.56. The molecule has 3 aromatic rings. The second kappa shape index (κ2) is 27.4. The summed E-state index contributed by atoms with van der Waals surface area (Å²) in [6.45, 7) is 13.0. The maximum Gasteiger partial charge on any atom is 0.343 e. The van der Waals surface area contributed by atoms with E-state index in [2.05, 4.69) is 43.9 Å². The van der Waals surface area contributed by atoms with Gasteiger partial charge in [0.25, 0.3) is 5.56 Å². The van der Waals surface area contributed by atoms with Gasteiger partial charge in [-0.25, -0.2) is 9.78 Å². The summed E-state index contributed by atoms with van der Waals surface area (Å²) >= 11 is 2.30. The number of aliphatic hydroxyl groups is 1. The second-order valence-corrected chi connectivity index (χ2v) is 24.2. The number of unbranched alkanes of at least 4 members (excludes halogenated alkanes) is 1. The first kappa shape index (κ1) is 63.3. The van der Waals surface area contributed by atoms with Crippen molar-refractivity contribution in [2.45, 2.75) is 178 Å². The number of ether oxygens (including phenoxy) is 4. The lowest BCUT2D eigenvalue weighted by atomic mass is 9.86. The SMILES string of the molecule is CCC(CCC(=O)N[C@H](C(=O)N[C@@H](CCCCN)C(=O)NCC(=O)NCc1c2c(nc3cc4c(cc13)OCO4)-c1cc3c(c(=O)n1C2)COC(=O)[C@]3(O)CC)C(C)C)OCCC(C)N(C)C(=O)CCN1C(=O)CC(C(I)(CC)CC)C1=O. The summed E-state index contributed by atoms with van der Waals surface area (Å²) in [5, 5.41) is 23.2. The summed E-state index contributed by atoms with van der Waals surface area (Å²) in [5.74, 6) is -3.46. The summed E-state index contributed by atoms with van der Waals surface area (Å²) in [7, 11) is 1.69. The number of halogens is 1. The molecule has 448 valence electrons. The molecule has 1 fully saturated rings. The Morgan fingerprint density at radius 1 is 0.915 bits per heavy atom. The summed E-state index contributed by atoms with van der Waals surface area (Å²) in [6, 6.07) is 2.78. The highest BCUT2D eigenvalue weighted by molar-refractivity contribution is 14.1. The number of nitrogens with zero attached hydrogens (tertiary/aromatic N) is 4. The molecule has 7 amide bonds. The first-order chi connectivity index (χ1) is 39.0. The number of benzene rings is 1. The molecule has 0 radical (unpaired) electrons. The maximum absolute atomic E-state index is 14.0. The molecule has 82 heavy (non-hydrogen) atoms. The van der Waals surface area contributed by atoms with Crippen LogP contribution in [0.1, 0.15) is 148 Å². The topological polar surface area (TPSA) is 309 Å². The summed E-state index contributed by atoms with van der Waals surface area (Å²) in [5.41, 5.74) is 6.10. The van der Waals surface area contributed by atoms with Crippen LogP contribution in [0, 0.1) is 11.8 Å². The van der Waals surface area contributed by atoms with Gasteiger partial charge in [-0.15, -0.1) is 0 Å². The minimum atomic E-state index is -2.03. The predicted molar refractivity (Wildman–Crippen MR) is 310 cm³/mol. The molecule has 7 rings (SSSR count). The molecule has 1 aromatic carbocycles. The van der Waals surface area contributed by atoms with Crippen LogP contribution in [0.2, 0.25) is 0 Å². The van der Waals surface area contributed by atoms with Crippen molar-refractivity contribution in [1.29, 1.82) is 0 Å². The van der Waals surface area contributed by atoms with Crippen LogP contribution in [0.4, 0.5) is 0 Å². The van der Waals surface area contributed by atoms with Crippen molar-refractivity contribution in [3.63, 3.8) is 0 Å². The molecule has 4 aliphatic heterocycles. The van der Waals surface area contributed by atoms with Crippen molar-refractivity contribution in [3.05, 3.63) is 50.8 Å². The number of hydrogen-bond acceptors (Lipinski definition) is 16. The fourth-order valence-corrected chi connectivity index (χ4v) is 11.6. The molecule has 6 atom stereocenters. The Morgan fingerprint density at radius 3 is 2.30 bits per heavy atom. The highest BCUT2D eigenvalue weighted by Crippen LogP contribution is 2.44. The smallest absolute Gasteiger partial charge is 0.343 e. The van der Waals surface area contributed by atoms with E-state index in [1.165, 1.54) is 9.47 Å². The first-order valence-corrected chi connectivity index (χ1v) is 29.8. The van der Waals surface area contributed by atoms with E-state index in [-0.39, 0.29) is 121 Å². The van der Waals surface area contributed by atoms with Crippen LogP contribution in [-0.4, -0.2) is 140 Å². The number of aromatic nitrogens is 2. The van der Waals surface area contributed by atoms with Crippen molar-refractivity contribution >= 4 is 80.8 Å². The molecule has 7 N–H and O–H groups in total. The number of amides is 7. The van der Waals surface area contributed by atoms with E-state index < -0.39 is 59.4 Å². The van der Waals surface area contributed by atoms with Crippen LogP contribution in [0.3, 0.4) is 0 Å². The van der Waals surface area contributed by atoms with Gasteiger partial charge < -0.3 is 60.5 Å². The Balaban J connectivity index is 0.910. The van der Waals surface area contributed by atoms with Gasteiger partial charge in [0.1, 0.15) is 18.7 Å². The summed E-state index contributed by atoms with van der Waals surface area (Å²) in [6.07, 6.45) is 4.19. The quantitative estimate of drug-likeness (QED) is 0.0148. The third-order valence-electron chi connectivity index (χ3n) is 16.7. The van der Waals surface area contributed by atoms with Crippen molar-refractivity contribution in [1.82, 2.24) is 40.6 Å². The lowest BCUT2D eigenvalue weighted by molar-refractivity contribution is -0.172. The minimum absolute atomic E-state index is 0.00498. The van der Waals surface area contributed by atoms with Crippen molar-refractivity contribution in [2.75, 3.05) is 40.1 Å². The molecule has 0 aliphatic carbocycles. The minimum Gasteiger partial charge on any atom is -0.458 e. The number of pyridine rings is 2. The molecule has 3 unspecified atom stereocenters. The number of hydrogen-bond donors (Lipinski definition) is 6. The number of nitrogens with two attached hydrogens (primary N) is 1. The van der Waals surface area contributed by atoms with E-state index in [1.54, 1.807) is 50.9 Å². The monoisotopic (exact) mass is 1250 g/mol. The third kappa shape index (κ3) is 13.7. The van der Waals surface area contributed by atoms with E-state index >= 15 is 0 Å². The van der Waals surface area contributed by atoms with Crippen LogP contribution < -0.4 is 42.0 Å². The Labute approximate surface area is 491 Å². The largest absolute Gasteiger partial charge is 0.458 e. The molecular formula is C58H80IN9O14. The molecule has 1 saturated heterocycles. The standard InChI is InChI=1S/C58H80IN9O14/c1-9-34(79-22-19-33(7)66(8)48(71)18-21-67-49(72)25-40(55(67)76)57(59,10-2)11-3)16-17-46(69)65-50(32(5)6)53(74)64-41(15-13-14-20-60)52(73)62-28-47(70)61-27-36-35-23-44-45(82-31-81-44)26-42(35)63-51-37(36)29-68-43(51)24-39-38(54(68)75)30-80-56(77)58(39,78)12-4/h23-24,26,32-34,40-41,50,78H,9-22,25,27-31,60H2,1-8H3,(H,61,70)(H,62,73)(H,64,74)(H,65,69)/t33?,34?,40?,41-,50-,58-/m0/s1. The number of fused-ring (bicyclic) bond motifs is 6. The normalized spacial score (nSPS) is 18.6. The second-order valence-electron chi connectivity index (χ2n) is 22.1. The van der Waals surface area contributed by atoms with Crippen LogP contribution in [-0.2, 0) is 73.1 Å². The zero-order chi connectivity index (χ0) is 59.8. The predicted octanol–water partition coefficient (Wildman–Crippen LogP) is 3.87. The highest BCUT2D eigenvalue weighted by Gasteiger charge is 2.49. The van der Waals surface area contributed by atoms with Gasteiger partial charge in [-0.05, 0) is 94.9 Å². The molecule has 0 spiro atoms. The lowest BCUT2D eigenvalue weighted by Gasteiger charge is -2.31. The van der Waals surface area contributed by atoms with E-state index in [0.717, 1.165) is 12.8 Å². The first-order valence-electron chi connectivity index (χ1n) is 28.7. The molecule has 23 nitrogen and oxygen atoms in total. The fourth-order valence-electron chi connectivity index (χ4n) is 11.1. The van der Waals surface area contributed by atoms with E-state index in [0.29, 0.717) is 90.2 Å². The maximum atomic E-state index is 14.0. The van der Waals surface area contributed by atoms with E-state index in [9.17, 15) is 48.3 Å². The molecule has 0 saturated carbocycles. The zero-order valence-corrected chi connectivity index (χ0v) is 50.5. The fraction of sp³-hybridized carbons (Fsp3) is 0.621. The molecule has 0 bridgehead atoms. The van der Waals surface area contributed by atoms with Gasteiger partial charge in [-0.2, -0.15) is 0 Å². The van der Waals surface area contributed by atoms with Gasteiger partial charge in [-0.3, -0.25) is 43.3 Å². The van der Waals surface area contributed by atoms with Gasteiger partial charge in [0.05, 0.1) is 47.6 Å².